The minimum atomic E-state index is -0.918. The van der Waals surface area contributed by atoms with Crippen molar-refractivity contribution in [1.29, 1.82) is 0 Å². The van der Waals surface area contributed by atoms with Gasteiger partial charge in [-0.3, -0.25) is 0 Å². The summed E-state index contributed by atoms with van der Waals surface area (Å²) in [5.74, 6) is 0. The highest BCUT2D eigenvalue weighted by Gasteiger charge is 2.13. The summed E-state index contributed by atoms with van der Waals surface area (Å²) in [6.45, 7) is 0. The summed E-state index contributed by atoms with van der Waals surface area (Å²) in [6, 6.07) is 14.8. The first-order valence-electron chi connectivity index (χ1n) is 6.57. The number of fused-ring (bicyclic) bond motifs is 2. The summed E-state index contributed by atoms with van der Waals surface area (Å²) in [7, 11) is 0. The predicted molar refractivity (Wildman–Crippen MR) is 78.8 cm³/mol. The number of H-pyrrole nitrogens is 2. The highest BCUT2D eigenvalue weighted by Crippen LogP contribution is 2.17. The Hall–Kier alpha value is -3.35. The highest BCUT2D eigenvalue weighted by atomic mass is 16.7. The largest absolute Gasteiger partial charge is 0.524 e. The SMILES string of the molecule is O=C(Oc1nc2ccccc2[nH]1)Oc1nc2ccccc2[nH]1. The second-order valence-electron chi connectivity index (χ2n) is 4.57. The average Bonchev–Trinajstić information content (AvgIpc) is 3.08. The van der Waals surface area contributed by atoms with Crippen molar-refractivity contribution in [3.05, 3.63) is 48.5 Å². The molecule has 0 aliphatic heterocycles. The van der Waals surface area contributed by atoms with Crippen LogP contribution in [0.2, 0.25) is 0 Å². The van der Waals surface area contributed by atoms with Gasteiger partial charge < -0.3 is 19.4 Å². The Balaban J connectivity index is 1.52. The quantitative estimate of drug-likeness (QED) is 0.554. The average molecular weight is 294 g/mol. The molecule has 0 aliphatic carbocycles. The zero-order valence-electron chi connectivity index (χ0n) is 11.2. The predicted octanol–water partition coefficient (Wildman–Crippen LogP) is 3.02. The number of nitrogens with one attached hydrogen (secondary N) is 2. The molecule has 2 heterocycles. The summed E-state index contributed by atoms with van der Waals surface area (Å²) in [6.07, 6.45) is -0.918. The molecule has 0 aliphatic rings. The van der Waals surface area contributed by atoms with Crippen LogP contribution in [0.4, 0.5) is 4.79 Å². The van der Waals surface area contributed by atoms with E-state index in [1.54, 1.807) is 0 Å². The van der Waals surface area contributed by atoms with Crippen molar-refractivity contribution >= 4 is 28.2 Å². The molecule has 22 heavy (non-hydrogen) atoms. The Morgan fingerprint density at radius 3 is 1.68 bits per heavy atom. The summed E-state index contributed by atoms with van der Waals surface area (Å²) in [5, 5.41) is 0. The van der Waals surface area contributed by atoms with Crippen molar-refractivity contribution < 1.29 is 14.3 Å². The minimum absolute atomic E-state index is 0.0716. The van der Waals surface area contributed by atoms with Gasteiger partial charge in [-0.1, -0.05) is 24.3 Å². The zero-order valence-corrected chi connectivity index (χ0v) is 11.2. The third-order valence-electron chi connectivity index (χ3n) is 3.10. The number of imidazole rings is 2. The lowest BCUT2D eigenvalue weighted by molar-refractivity contribution is 0.145. The number of hydrogen-bond acceptors (Lipinski definition) is 5. The molecule has 0 atom stereocenters. The Morgan fingerprint density at radius 2 is 1.23 bits per heavy atom. The maximum Gasteiger partial charge on any atom is 0.524 e. The monoisotopic (exact) mass is 294 g/mol. The number of hydrogen-bond donors (Lipinski definition) is 2. The Labute approximate surface area is 123 Å². The maximum absolute atomic E-state index is 11.8. The summed E-state index contributed by atoms with van der Waals surface area (Å²) >= 11 is 0. The number of rotatable bonds is 2. The maximum atomic E-state index is 11.8. The first-order valence-corrected chi connectivity index (χ1v) is 6.57. The van der Waals surface area contributed by atoms with Crippen molar-refractivity contribution in [2.24, 2.45) is 0 Å². The Kier molecular flexibility index (Phi) is 2.75. The number of ether oxygens (including phenoxy) is 2. The standard InChI is InChI=1S/C15H10N4O3/c20-15(21-13-16-9-5-1-2-6-10(9)17-13)22-14-18-11-7-3-4-8-12(11)19-14/h1-8H,(H,16,17)(H,18,19). The Bertz CT molecular complexity index is 829. The van der Waals surface area contributed by atoms with E-state index in [1.165, 1.54) is 0 Å². The normalized spacial score (nSPS) is 10.9. The van der Waals surface area contributed by atoms with Gasteiger partial charge in [-0.15, -0.1) is 0 Å². The summed E-state index contributed by atoms with van der Waals surface area (Å²) in [4.78, 5) is 25.8. The number of para-hydroxylation sites is 4. The van der Waals surface area contributed by atoms with Crippen LogP contribution in [0.25, 0.3) is 22.1 Å². The molecule has 108 valence electrons. The molecule has 4 aromatic rings. The smallest absolute Gasteiger partial charge is 0.359 e. The number of aromatic amines is 2. The van der Waals surface area contributed by atoms with E-state index in [2.05, 4.69) is 19.9 Å². The molecule has 0 spiro atoms. The first-order chi connectivity index (χ1) is 10.8. The molecule has 0 radical (unpaired) electrons. The van der Waals surface area contributed by atoms with Crippen molar-refractivity contribution in [1.82, 2.24) is 19.9 Å². The number of benzene rings is 2. The Morgan fingerprint density at radius 1 is 0.773 bits per heavy atom. The van der Waals surface area contributed by atoms with Gasteiger partial charge >= 0.3 is 18.2 Å². The molecule has 0 unspecified atom stereocenters. The fraction of sp³-hybridized carbons (Fsp3) is 0. The van der Waals surface area contributed by atoms with E-state index in [0.29, 0.717) is 11.0 Å². The van der Waals surface area contributed by atoms with Gasteiger partial charge in [0.25, 0.3) is 0 Å². The second kappa shape index (κ2) is 4.88. The van der Waals surface area contributed by atoms with E-state index in [9.17, 15) is 4.79 Å². The highest BCUT2D eigenvalue weighted by molar-refractivity contribution is 5.78. The van der Waals surface area contributed by atoms with E-state index in [1.807, 2.05) is 48.5 Å². The van der Waals surface area contributed by atoms with Crippen molar-refractivity contribution in [2.45, 2.75) is 0 Å². The third kappa shape index (κ3) is 2.24. The van der Waals surface area contributed by atoms with E-state index < -0.39 is 6.16 Å². The molecule has 0 saturated carbocycles. The molecule has 0 bridgehead atoms. The van der Waals surface area contributed by atoms with Gasteiger partial charge in [0, 0.05) is 0 Å². The van der Waals surface area contributed by atoms with E-state index in [0.717, 1.165) is 11.0 Å². The van der Waals surface area contributed by atoms with Gasteiger partial charge in [-0.2, -0.15) is 9.97 Å². The molecule has 0 fully saturated rings. The van der Waals surface area contributed by atoms with E-state index >= 15 is 0 Å². The van der Waals surface area contributed by atoms with Crippen LogP contribution in [-0.4, -0.2) is 26.1 Å². The third-order valence-corrected chi connectivity index (χ3v) is 3.10. The molecule has 2 aromatic carbocycles. The minimum Gasteiger partial charge on any atom is -0.359 e. The van der Waals surface area contributed by atoms with Crippen LogP contribution in [0.1, 0.15) is 0 Å². The van der Waals surface area contributed by atoms with Crippen LogP contribution in [0.15, 0.2) is 48.5 Å². The molecule has 0 saturated heterocycles. The number of carbonyl (C=O) groups excluding carboxylic acids is 1. The lowest BCUT2D eigenvalue weighted by Crippen LogP contribution is -2.15. The fourth-order valence-corrected chi connectivity index (χ4v) is 2.13. The lowest BCUT2D eigenvalue weighted by atomic mass is 10.3. The molecular formula is C15H10N4O3. The fourth-order valence-electron chi connectivity index (χ4n) is 2.13. The zero-order chi connectivity index (χ0) is 14.9. The van der Waals surface area contributed by atoms with Crippen LogP contribution in [0.3, 0.4) is 0 Å². The second-order valence-corrected chi connectivity index (χ2v) is 4.57. The molecule has 2 N–H and O–H groups in total. The summed E-state index contributed by atoms with van der Waals surface area (Å²) in [5.41, 5.74) is 2.95. The van der Waals surface area contributed by atoms with Gasteiger partial charge in [0.1, 0.15) is 0 Å². The van der Waals surface area contributed by atoms with E-state index in [-0.39, 0.29) is 12.0 Å². The van der Waals surface area contributed by atoms with Crippen LogP contribution in [0.5, 0.6) is 12.0 Å². The lowest BCUT2D eigenvalue weighted by Gasteiger charge is -1.98. The molecule has 7 heteroatoms. The first kappa shape index (κ1) is 12.4. The van der Waals surface area contributed by atoms with Crippen LogP contribution >= 0.6 is 0 Å². The van der Waals surface area contributed by atoms with Gasteiger partial charge in [0.05, 0.1) is 22.1 Å². The molecule has 2 aromatic heterocycles. The number of nitrogens with zero attached hydrogens (tertiary/aromatic N) is 2. The molecule has 0 amide bonds. The van der Waals surface area contributed by atoms with Gasteiger partial charge in [-0.25, -0.2) is 4.79 Å². The van der Waals surface area contributed by atoms with Crippen molar-refractivity contribution in [3.8, 4) is 12.0 Å². The van der Waals surface area contributed by atoms with Gasteiger partial charge in [0.2, 0.25) is 0 Å². The molecular weight excluding hydrogens is 284 g/mol. The molecule has 7 nitrogen and oxygen atoms in total. The topological polar surface area (TPSA) is 92.9 Å². The van der Waals surface area contributed by atoms with Crippen LogP contribution in [-0.2, 0) is 0 Å². The van der Waals surface area contributed by atoms with Crippen molar-refractivity contribution in [2.75, 3.05) is 0 Å². The van der Waals surface area contributed by atoms with Gasteiger partial charge in [0.15, 0.2) is 0 Å². The van der Waals surface area contributed by atoms with Crippen LogP contribution < -0.4 is 9.47 Å². The van der Waals surface area contributed by atoms with Crippen molar-refractivity contribution in [3.63, 3.8) is 0 Å². The van der Waals surface area contributed by atoms with E-state index in [4.69, 9.17) is 9.47 Å². The van der Waals surface area contributed by atoms with Gasteiger partial charge in [-0.05, 0) is 24.3 Å². The van der Waals surface area contributed by atoms with Crippen LogP contribution in [0, 0.1) is 0 Å². The summed E-state index contributed by atoms with van der Waals surface area (Å²) < 4.78 is 10.0. The molecule has 4 rings (SSSR count). The number of aromatic nitrogens is 4. The number of carbonyl (C=O) groups is 1.